The number of benzene rings is 2. The van der Waals surface area contributed by atoms with Crippen LogP contribution >= 0.6 is 11.6 Å². The SMILES string of the molecule is CCOC(=O)[C@H](CNc1ncnc(Cl)c1[N+](=O)[O-])NS(=O)(=O)c1cccc2ccccc12. The van der Waals surface area contributed by atoms with E-state index in [0.717, 1.165) is 6.33 Å². The quantitative estimate of drug-likeness (QED) is 0.204. The molecule has 0 aliphatic carbocycles. The van der Waals surface area contributed by atoms with Crippen molar-refractivity contribution in [2.24, 2.45) is 0 Å². The van der Waals surface area contributed by atoms with E-state index in [-0.39, 0.29) is 17.3 Å². The average molecular weight is 480 g/mol. The number of esters is 1. The lowest BCUT2D eigenvalue weighted by molar-refractivity contribution is -0.384. The van der Waals surface area contributed by atoms with Gasteiger partial charge in [0.1, 0.15) is 12.4 Å². The monoisotopic (exact) mass is 479 g/mol. The first-order valence-corrected chi connectivity index (χ1v) is 11.2. The minimum atomic E-state index is -4.17. The number of ether oxygens (including phenoxy) is 1. The fourth-order valence-corrected chi connectivity index (χ4v) is 4.56. The Kier molecular flexibility index (Phi) is 7.18. The molecule has 1 aromatic heterocycles. The molecule has 1 heterocycles. The maximum atomic E-state index is 13.1. The Bertz CT molecular complexity index is 1260. The molecule has 11 nitrogen and oxygen atoms in total. The van der Waals surface area contributed by atoms with Crippen molar-refractivity contribution in [3.63, 3.8) is 0 Å². The summed E-state index contributed by atoms with van der Waals surface area (Å²) in [5.74, 6) is -1.14. The Labute approximate surface area is 188 Å². The number of hydrogen-bond donors (Lipinski definition) is 2. The number of anilines is 1. The number of nitro groups is 1. The lowest BCUT2D eigenvalue weighted by Gasteiger charge is -2.19. The Morgan fingerprint density at radius 3 is 2.66 bits per heavy atom. The van der Waals surface area contributed by atoms with Crippen LogP contribution in [0.2, 0.25) is 5.15 Å². The number of hydrogen-bond acceptors (Lipinski definition) is 9. The van der Waals surface area contributed by atoms with Gasteiger partial charge < -0.3 is 10.1 Å². The van der Waals surface area contributed by atoms with Gasteiger partial charge in [-0.25, -0.2) is 18.4 Å². The molecule has 2 N–H and O–H groups in total. The summed E-state index contributed by atoms with van der Waals surface area (Å²) >= 11 is 5.76. The third-order valence-electron chi connectivity index (χ3n) is 4.34. The molecule has 3 aromatic rings. The zero-order valence-corrected chi connectivity index (χ0v) is 18.3. The molecule has 0 fully saturated rings. The number of nitrogens with one attached hydrogen (secondary N) is 2. The summed E-state index contributed by atoms with van der Waals surface area (Å²) in [5.41, 5.74) is -0.603. The van der Waals surface area contributed by atoms with E-state index in [2.05, 4.69) is 20.0 Å². The minimum Gasteiger partial charge on any atom is -0.465 e. The third-order valence-corrected chi connectivity index (χ3v) is 6.15. The zero-order valence-electron chi connectivity index (χ0n) is 16.7. The van der Waals surface area contributed by atoms with Gasteiger partial charge >= 0.3 is 11.7 Å². The van der Waals surface area contributed by atoms with Crippen molar-refractivity contribution in [2.45, 2.75) is 17.9 Å². The first-order valence-electron chi connectivity index (χ1n) is 9.30. The lowest BCUT2D eigenvalue weighted by Crippen LogP contribution is -2.46. The van der Waals surface area contributed by atoms with Crippen molar-refractivity contribution in [1.29, 1.82) is 0 Å². The second-order valence-corrected chi connectivity index (χ2v) is 8.44. The zero-order chi connectivity index (χ0) is 23.3. The molecule has 0 amide bonds. The van der Waals surface area contributed by atoms with E-state index in [1.165, 1.54) is 6.07 Å². The molecular formula is C19H18ClN5O6S. The van der Waals surface area contributed by atoms with Crippen LogP contribution in [0, 0.1) is 10.1 Å². The summed E-state index contributed by atoms with van der Waals surface area (Å²) in [6, 6.07) is 10.2. The van der Waals surface area contributed by atoms with Crippen LogP contribution < -0.4 is 10.0 Å². The molecular weight excluding hydrogens is 462 g/mol. The predicted molar refractivity (Wildman–Crippen MR) is 117 cm³/mol. The molecule has 3 rings (SSSR count). The van der Waals surface area contributed by atoms with Gasteiger partial charge in [0.2, 0.25) is 21.0 Å². The van der Waals surface area contributed by atoms with Gasteiger partial charge in [-0.1, -0.05) is 48.0 Å². The average Bonchev–Trinajstić information content (AvgIpc) is 2.76. The number of aromatic nitrogens is 2. The molecule has 32 heavy (non-hydrogen) atoms. The van der Waals surface area contributed by atoms with Crippen LogP contribution in [0.5, 0.6) is 0 Å². The van der Waals surface area contributed by atoms with E-state index >= 15 is 0 Å². The number of fused-ring (bicyclic) bond motifs is 1. The van der Waals surface area contributed by atoms with Crippen molar-refractivity contribution >= 4 is 49.9 Å². The molecule has 0 saturated heterocycles. The van der Waals surface area contributed by atoms with E-state index in [1.54, 1.807) is 43.3 Å². The largest absolute Gasteiger partial charge is 0.465 e. The van der Waals surface area contributed by atoms with Crippen molar-refractivity contribution in [3.8, 4) is 0 Å². The summed E-state index contributed by atoms with van der Waals surface area (Å²) in [6.45, 7) is 1.18. The minimum absolute atomic E-state index is 0.00477. The Morgan fingerprint density at radius 2 is 1.94 bits per heavy atom. The van der Waals surface area contributed by atoms with Crippen molar-refractivity contribution < 1.29 is 22.9 Å². The highest BCUT2D eigenvalue weighted by molar-refractivity contribution is 7.89. The third kappa shape index (κ3) is 5.10. The fourth-order valence-electron chi connectivity index (χ4n) is 2.94. The molecule has 0 saturated carbocycles. The van der Waals surface area contributed by atoms with Crippen LogP contribution in [-0.4, -0.2) is 48.5 Å². The highest BCUT2D eigenvalue weighted by Gasteiger charge is 2.29. The maximum absolute atomic E-state index is 13.1. The number of rotatable bonds is 9. The number of carbonyl (C=O) groups is 1. The Balaban J connectivity index is 1.91. The first kappa shape index (κ1) is 23.3. The second-order valence-electron chi connectivity index (χ2n) is 6.40. The molecule has 0 aliphatic heterocycles. The summed E-state index contributed by atoms with van der Waals surface area (Å²) in [6.07, 6.45) is 0.997. The predicted octanol–water partition coefficient (Wildman–Crippen LogP) is 2.51. The van der Waals surface area contributed by atoms with E-state index in [9.17, 15) is 23.3 Å². The van der Waals surface area contributed by atoms with Gasteiger partial charge in [-0.05, 0) is 18.4 Å². The molecule has 0 bridgehead atoms. The van der Waals surface area contributed by atoms with Gasteiger partial charge in [0.25, 0.3) is 0 Å². The summed E-state index contributed by atoms with van der Waals surface area (Å²) in [4.78, 5) is 30.2. The lowest BCUT2D eigenvalue weighted by atomic mass is 10.1. The number of sulfonamides is 1. The molecule has 0 radical (unpaired) electrons. The van der Waals surface area contributed by atoms with Crippen LogP contribution in [0.3, 0.4) is 0 Å². The molecule has 13 heteroatoms. The van der Waals surface area contributed by atoms with Gasteiger partial charge in [-0.2, -0.15) is 4.72 Å². The first-order chi connectivity index (χ1) is 15.2. The summed E-state index contributed by atoms with van der Waals surface area (Å²) < 4.78 is 33.5. The van der Waals surface area contributed by atoms with E-state index in [4.69, 9.17) is 16.3 Å². The smallest absolute Gasteiger partial charge is 0.348 e. The van der Waals surface area contributed by atoms with Gasteiger partial charge in [-0.15, -0.1) is 0 Å². The van der Waals surface area contributed by atoms with E-state index < -0.39 is 44.3 Å². The van der Waals surface area contributed by atoms with Gasteiger partial charge in [0, 0.05) is 11.9 Å². The maximum Gasteiger partial charge on any atom is 0.348 e. The van der Waals surface area contributed by atoms with Crippen LogP contribution in [0.1, 0.15) is 6.92 Å². The number of carbonyl (C=O) groups excluding carboxylic acids is 1. The topological polar surface area (TPSA) is 153 Å². The van der Waals surface area contributed by atoms with Crippen LogP contribution in [0.4, 0.5) is 11.5 Å². The number of nitrogens with zero attached hydrogens (tertiary/aromatic N) is 3. The molecule has 2 aromatic carbocycles. The van der Waals surface area contributed by atoms with Crippen LogP contribution in [-0.2, 0) is 19.6 Å². The molecule has 1 atom stereocenters. The van der Waals surface area contributed by atoms with Gasteiger partial charge in [-0.3, -0.25) is 14.9 Å². The van der Waals surface area contributed by atoms with Crippen LogP contribution in [0.25, 0.3) is 10.8 Å². The Hall–Kier alpha value is -3.35. The second kappa shape index (κ2) is 9.85. The van der Waals surface area contributed by atoms with Gasteiger partial charge in [0.05, 0.1) is 16.4 Å². The summed E-state index contributed by atoms with van der Waals surface area (Å²) in [7, 11) is -4.17. The van der Waals surface area contributed by atoms with Gasteiger partial charge in [0.15, 0.2) is 0 Å². The normalized spacial score (nSPS) is 12.3. The van der Waals surface area contributed by atoms with E-state index in [1.807, 2.05) is 0 Å². The summed E-state index contributed by atoms with van der Waals surface area (Å²) in [5, 5.41) is 14.6. The van der Waals surface area contributed by atoms with Crippen LogP contribution in [0.15, 0.2) is 53.7 Å². The fraction of sp³-hybridized carbons (Fsp3) is 0.211. The van der Waals surface area contributed by atoms with Crippen molar-refractivity contribution in [3.05, 3.63) is 64.1 Å². The molecule has 168 valence electrons. The van der Waals surface area contributed by atoms with E-state index in [0.29, 0.717) is 10.8 Å². The molecule has 0 unspecified atom stereocenters. The highest BCUT2D eigenvalue weighted by atomic mass is 35.5. The number of halogens is 1. The highest BCUT2D eigenvalue weighted by Crippen LogP contribution is 2.28. The Morgan fingerprint density at radius 1 is 1.22 bits per heavy atom. The van der Waals surface area contributed by atoms with Crippen molar-refractivity contribution in [1.82, 2.24) is 14.7 Å². The van der Waals surface area contributed by atoms with Crippen molar-refractivity contribution in [2.75, 3.05) is 18.5 Å². The molecule has 0 aliphatic rings. The standard InChI is InChI=1S/C19H18ClN5O6S/c1-2-31-19(26)14(10-21-18-16(25(27)28)17(20)22-11-23-18)24-32(29,30)15-9-5-7-12-6-3-4-8-13(12)15/h3-9,11,14,24H,2,10H2,1H3,(H,21,22,23)/t14-/m0/s1. The molecule has 0 spiro atoms.